The summed E-state index contributed by atoms with van der Waals surface area (Å²) < 4.78 is 61.3. The highest BCUT2D eigenvalue weighted by atomic mass is 19.4. The molecule has 8 heteroatoms. The van der Waals surface area contributed by atoms with Gasteiger partial charge in [0.25, 0.3) is 5.91 Å². The maximum atomic E-state index is 12.7. The molecule has 0 heterocycles. The van der Waals surface area contributed by atoms with Crippen LogP contribution in [0.1, 0.15) is 39.0 Å². The quantitative estimate of drug-likeness (QED) is 0.784. The maximum Gasteiger partial charge on any atom is 0.463 e. The molecule has 0 aromatic heterocycles. The van der Waals surface area contributed by atoms with Gasteiger partial charge in [0.05, 0.1) is 5.60 Å². The Morgan fingerprint density at radius 2 is 1.75 bits per heavy atom. The highest BCUT2D eigenvalue weighted by molar-refractivity contribution is 5.84. The minimum atomic E-state index is -5.93. The normalized spacial score (nSPS) is 28.2. The van der Waals surface area contributed by atoms with Crippen molar-refractivity contribution >= 4 is 5.91 Å². The molecule has 3 nitrogen and oxygen atoms in total. The van der Waals surface area contributed by atoms with Crippen LogP contribution in [0.2, 0.25) is 0 Å². The van der Waals surface area contributed by atoms with Crippen molar-refractivity contribution in [3.05, 3.63) is 0 Å². The standard InChI is InChI=1S/C12H18F5NO2/c1-2-8-3-5-10(20,6-4-8)7-18-9(19)11(13,14)12(15,16)17/h8,20H,2-7H2,1H3,(H,18,19). The van der Waals surface area contributed by atoms with E-state index in [1.807, 2.05) is 6.92 Å². The minimum absolute atomic E-state index is 0.281. The van der Waals surface area contributed by atoms with Crippen molar-refractivity contribution in [1.82, 2.24) is 5.32 Å². The fourth-order valence-electron chi connectivity index (χ4n) is 2.28. The SMILES string of the molecule is CCC1CCC(O)(CNC(=O)C(F)(F)C(F)(F)F)CC1. The van der Waals surface area contributed by atoms with Crippen molar-refractivity contribution < 1.29 is 31.9 Å². The molecule has 1 rings (SSSR count). The summed E-state index contributed by atoms with van der Waals surface area (Å²) in [5.41, 5.74) is -1.40. The molecule has 118 valence electrons. The van der Waals surface area contributed by atoms with Gasteiger partial charge in [-0.05, 0) is 31.6 Å². The Kier molecular flexibility index (Phi) is 4.99. The number of aliphatic hydroxyl groups is 1. The first-order chi connectivity index (χ1) is 9.02. The van der Waals surface area contributed by atoms with Crippen molar-refractivity contribution in [3.8, 4) is 0 Å². The van der Waals surface area contributed by atoms with E-state index in [0.717, 1.165) is 6.42 Å². The van der Waals surface area contributed by atoms with Gasteiger partial charge in [-0.2, -0.15) is 22.0 Å². The molecule has 0 aromatic carbocycles. The van der Waals surface area contributed by atoms with Gasteiger partial charge < -0.3 is 10.4 Å². The fourth-order valence-corrected chi connectivity index (χ4v) is 2.28. The van der Waals surface area contributed by atoms with E-state index in [-0.39, 0.29) is 12.8 Å². The number of alkyl halides is 5. The second-order valence-corrected chi connectivity index (χ2v) is 5.33. The number of rotatable bonds is 4. The van der Waals surface area contributed by atoms with Crippen molar-refractivity contribution in [3.63, 3.8) is 0 Å². The minimum Gasteiger partial charge on any atom is -0.388 e. The fraction of sp³-hybridized carbons (Fsp3) is 0.917. The molecule has 1 aliphatic carbocycles. The average molecular weight is 303 g/mol. The molecule has 1 aliphatic rings. The summed E-state index contributed by atoms with van der Waals surface area (Å²) >= 11 is 0. The molecule has 1 saturated carbocycles. The van der Waals surface area contributed by atoms with Gasteiger partial charge in [0.15, 0.2) is 0 Å². The maximum absolute atomic E-state index is 12.7. The molecule has 0 bridgehead atoms. The largest absolute Gasteiger partial charge is 0.463 e. The van der Waals surface area contributed by atoms with Crippen LogP contribution in [-0.4, -0.2) is 35.3 Å². The zero-order valence-corrected chi connectivity index (χ0v) is 11.1. The number of nitrogens with one attached hydrogen (secondary N) is 1. The molecule has 0 atom stereocenters. The number of halogens is 5. The second-order valence-electron chi connectivity index (χ2n) is 5.33. The number of carbonyl (C=O) groups excluding carboxylic acids is 1. The van der Waals surface area contributed by atoms with Gasteiger partial charge in [-0.15, -0.1) is 0 Å². The summed E-state index contributed by atoms with van der Waals surface area (Å²) in [4.78, 5) is 10.9. The predicted octanol–water partition coefficient (Wildman–Crippen LogP) is 2.63. The van der Waals surface area contributed by atoms with E-state index < -0.39 is 30.2 Å². The van der Waals surface area contributed by atoms with Gasteiger partial charge in [-0.3, -0.25) is 4.79 Å². The van der Waals surface area contributed by atoms with E-state index in [0.29, 0.717) is 18.8 Å². The molecule has 0 unspecified atom stereocenters. The Balaban J connectivity index is 2.53. The number of hydrogen-bond donors (Lipinski definition) is 2. The summed E-state index contributed by atoms with van der Waals surface area (Å²) in [5.74, 6) is -7.44. The summed E-state index contributed by atoms with van der Waals surface area (Å²) in [6.45, 7) is 1.40. The first-order valence-corrected chi connectivity index (χ1v) is 6.47. The van der Waals surface area contributed by atoms with Gasteiger partial charge in [0.2, 0.25) is 0 Å². The zero-order valence-electron chi connectivity index (χ0n) is 11.1. The van der Waals surface area contributed by atoms with Crippen LogP contribution in [0, 0.1) is 5.92 Å². The topological polar surface area (TPSA) is 49.3 Å². The molecular formula is C12H18F5NO2. The Morgan fingerprint density at radius 3 is 2.15 bits per heavy atom. The first kappa shape index (κ1) is 17.1. The lowest BCUT2D eigenvalue weighted by Gasteiger charge is -2.36. The zero-order chi connectivity index (χ0) is 15.6. The van der Waals surface area contributed by atoms with E-state index in [1.54, 1.807) is 0 Å². The lowest BCUT2D eigenvalue weighted by Crippen LogP contribution is -2.54. The van der Waals surface area contributed by atoms with Crippen molar-refractivity contribution in [1.29, 1.82) is 0 Å². The number of amides is 1. The van der Waals surface area contributed by atoms with Crippen molar-refractivity contribution in [2.45, 2.75) is 56.7 Å². The number of hydrogen-bond acceptors (Lipinski definition) is 2. The van der Waals surface area contributed by atoms with E-state index >= 15 is 0 Å². The van der Waals surface area contributed by atoms with Gasteiger partial charge in [0, 0.05) is 6.54 Å². The summed E-state index contributed by atoms with van der Waals surface area (Å²) in [6.07, 6.45) is -3.11. The monoisotopic (exact) mass is 303 g/mol. The van der Waals surface area contributed by atoms with Crippen LogP contribution in [-0.2, 0) is 4.79 Å². The van der Waals surface area contributed by atoms with Crippen LogP contribution in [0.4, 0.5) is 22.0 Å². The molecule has 1 fully saturated rings. The lowest BCUT2D eigenvalue weighted by atomic mass is 9.78. The highest BCUT2D eigenvalue weighted by Gasteiger charge is 2.63. The Hall–Kier alpha value is -0.920. The van der Waals surface area contributed by atoms with Crippen LogP contribution in [0.5, 0.6) is 0 Å². The molecule has 0 aliphatic heterocycles. The van der Waals surface area contributed by atoms with Gasteiger partial charge in [-0.25, -0.2) is 0 Å². The Bertz CT molecular complexity index is 348. The van der Waals surface area contributed by atoms with E-state index in [9.17, 15) is 31.9 Å². The van der Waals surface area contributed by atoms with Crippen molar-refractivity contribution in [2.24, 2.45) is 5.92 Å². The van der Waals surface area contributed by atoms with Gasteiger partial charge in [-0.1, -0.05) is 13.3 Å². The molecule has 20 heavy (non-hydrogen) atoms. The number of carbonyl (C=O) groups is 1. The molecule has 2 N–H and O–H groups in total. The van der Waals surface area contributed by atoms with Gasteiger partial charge in [0.1, 0.15) is 0 Å². The smallest absolute Gasteiger partial charge is 0.388 e. The third-order valence-corrected chi connectivity index (χ3v) is 3.83. The summed E-state index contributed by atoms with van der Waals surface area (Å²) in [5, 5.41) is 11.6. The third kappa shape index (κ3) is 3.80. The molecule has 1 amide bonds. The predicted molar refractivity (Wildman–Crippen MR) is 61.2 cm³/mol. The van der Waals surface area contributed by atoms with Gasteiger partial charge >= 0.3 is 12.1 Å². The molecule has 0 aromatic rings. The van der Waals surface area contributed by atoms with Crippen LogP contribution in [0.25, 0.3) is 0 Å². The lowest BCUT2D eigenvalue weighted by molar-refractivity contribution is -0.270. The summed E-state index contributed by atoms with van der Waals surface area (Å²) in [7, 11) is 0. The summed E-state index contributed by atoms with van der Waals surface area (Å²) in [6, 6.07) is 0. The average Bonchev–Trinajstić information content (AvgIpc) is 2.35. The van der Waals surface area contributed by atoms with Crippen molar-refractivity contribution in [2.75, 3.05) is 6.54 Å². The van der Waals surface area contributed by atoms with E-state index in [1.165, 1.54) is 5.32 Å². The molecular weight excluding hydrogens is 285 g/mol. The molecule has 0 radical (unpaired) electrons. The molecule has 0 spiro atoms. The Labute approximate surface area is 113 Å². The Morgan fingerprint density at radius 1 is 1.25 bits per heavy atom. The third-order valence-electron chi connectivity index (χ3n) is 3.83. The van der Waals surface area contributed by atoms with Crippen LogP contribution in [0.15, 0.2) is 0 Å². The molecule has 0 saturated heterocycles. The second kappa shape index (κ2) is 5.83. The van der Waals surface area contributed by atoms with Crippen LogP contribution >= 0.6 is 0 Å². The van der Waals surface area contributed by atoms with Crippen LogP contribution < -0.4 is 5.32 Å². The highest BCUT2D eigenvalue weighted by Crippen LogP contribution is 2.36. The first-order valence-electron chi connectivity index (χ1n) is 6.47. The van der Waals surface area contributed by atoms with E-state index in [4.69, 9.17) is 0 Å². The van der Waals surface area contributed by atoms with E-state index in [2.05, 4.69) is 0 Å². The van der Waals surface area contributed by atoms with Crippen LogP contribution in [0.3, 0.4) is 0 Å².